The van der Waals surface area contributed by atoms with Crippen LogP contribution >= 0.6 is 0 Å². The van der Waals surface area contributed by atoms with E-state index in [0.29, 0.717) is 36.7 Å². The molecule has 1 amide bonds. The minimum absolute atomic E-state index is 0.0396. The molecule has 6 nitrogen and oxygen atoms in total. The number of carbonyl (C=O) groups excluding carboxylic acids is 1. The fraction of sp³-hybridized carbons (Fsp3) is 0.462. The van der Waals surface area contributed by atoms with E-state index in [9.17, 15) is 14.9 Å². The van der Waals surface area contributed by atoms with Crippen molar-refractivity contribution in [3.8, 4) is 0 Å². The molecule has 1 aliphatic rings. The van der Waals surface area contributed by atoms with E-state index in [1.165, 1.54) is 12.1 Å². The van der Waals surface area contributed by atoms with Crippen LogP contribution in [0.15, 0.2) is 18.2 Å². The highest BCUT2D eigenvalue weighted by molar-refractivity contribution is 5.94. The molecule has 0 saturated carbocycles. The zero-order chi connectivity index (χ0) is 14.0. The number of rotatable bonds is 3. The van der Waals surface area contributed by atoms with Gasteiger partial charge in [0.2, 0.25) is 0 Å². The molecule has 102 valence electrons. The van der Waals surface area contributed by atoms with Crippen LogP contribution in [0.1, 0.15) is 22.3 Å². The van der Waals surface area contributed by atoms with Crippen molar-refractivity contribution in [2.24, 2.45) is 11.7 Å². The Hall–Kier alpha value is -1.95. The SMILES string of the molecule is Cc1cc(C(=O)N2CCC(CN)C2)ccc1[N+](=O)[O-]. The van der Waals surface area contributed by atoms with Crippen LogP contribution in [0.4, 0.5) is 5.69 Å². The molecule has 0 spiro atoms. The molecular weight excluding hydrogens is 246 g/mol. The van der Waals surface area contributed by atoms with Gasteiger partial charge in [-0.25, -0.2) is 0 Å². The summed E-state index contributed by atoms with van der Waals surface area (Å²) >= 11 is 0. The molecule has 1 aromatic rings. The van der Waals surface area contributed by atoms with Crippen LogP contribution in [0.3, 0.4) is 0 Å². The Morgan fingerprint density at radius 1 is 1.58 bits per heavy atom. The standard InChI is InChI=1S/C13H17N3O3/c1-9-6-11(2-3-12(9)16(18)19)13(17)15-5-4-10(7-14)8-15/h2-3,6,10H,4-5,7-8,14H2,1H3. The number of carbonyl (C=O) groups is 1. The number of benzene rings is 1. The van der Waals surface area contributed by atoms with Crippen LogP contribution in [0.25, 0.3) is 0 Å². The highest BCUT2D eigenvalue weighted by Gasteiger charge is 2.26. The molecule has 0 radical (unpaired) electrons. The highest BCUT2D eigenvalue weighted by Crippen LogP contribution is 2.22. The van der Waals surface area contributed by atoms with E-state index >= 15 is 0 Å². The largest absolute Gasteiger partial charge is 0.338 e. The van der Waals surface area contributed by atoms with Crippen molar-refractivity contribution in [1.29, 1.82) is 0 Å². The molecule has 1 fully saturated rings. The van der Waals surface area contributed by atoms with Gasteiger partial charge in [0.25, 0.3) is 11.6 Å². The second-order valence-corrected chi connectivity index (χ2v) is 4.90. The van der Waals surface area contributed by atoms with Crippen LogP contribution in [-0.4, -0.2) is 35.4 Å². The van der Waals surface area contributed by atoms with Crippen molar-refractivity contribution in [3.05, 3.63) is 39.4 Å². The molecule has 1 saturated heterocycles. The minimum Gasteiger partial charge on any atom is -0.338 e. The summed E-state index contributed by atoms with van der Waals surface area (Å²) in [5.74, 6) is 0.289. The average Bonchev–Trinajstić information content (AvgIpc) is 2.86. The molecule has 0 aromatic heterocycles. The topological polar surface area (TPSA) is 89.5 Å². The summed E-state index contributed by atoms with van der Waals surface area (Å²) in [7, 11) is 0. The monoisotopic (exact) mass is 263 g/mol. The number of hydrogen-bond donors (Lipinski definition) is 1. The predicted molar refractivity (Wildman–Crippen MR) is 70.9 cm³/mol. The number of nitro groups is 1. The van der Waals surface area contributed by atoms with Gasteiger partial charge in [0.05, 0.1) is 4.92 Å². The number of nitro benzene ring substituents is 1. The quantitative estimate of drug-likeness (QED) is 0.658. The molecule has 6 heteroatoms. The molecule has 1 heterocycles. The van der Waals surface area contributed by atoms with Gasteiger partial charge in [-0.3, -0.25) is 14.9 Å². The summed E-state index contributed by atoms with van der Waals surface area (Å²) in [5.41, 5.74) is 6.64. The molecule has 0 aliphatic carbocycles. The first-order valence-corrected chi connectivity index (χ1v) is 6.27. The van der Waals surface area contributed by atoms with Gasteiger partial charge in [0.1, 0.15) is 0 Å². The van der Waals surface area contributed by atoms with Crippen molar-refractivity contribution >= 4 is 11.6 Å². The third-order valence-corrected chi connectivity index (χ3v) is 3.55. The van der Waals surface area contributed by atoms with Crippen molar-refractivity contribution in [2.75, 3.05) is 19.6 Å². The third kappa shape index (κ3) is 2.73. The first-order valence-electron chi connectivity index (χ1n) is 6.27. The molecule has 1 aliphatic heterocycles. The number of aryl methyl sites for hydroxylation is 1. The van der Waals surface area contributed by atoms with Gasteiger partial charge < -0.3 is 10.6 Å². The molecule has 1 atom stereocenters. The summed E-state index contributed by atoms with van der Waals surface area (Å²) in [4.78, 5) is 24.3. The number of likely N-dealkylation sites (tertiary alicyclic amines) is 1. The van der Waals surface area contributed by atoms with Crippen molar-refractivity contribution in [2.45, 2.75) is 13.3 Å². The first kappa shape index (κ1) is 13.5. The van der Waals surface area contributed by atoms with E-state index in [1.54, 1.807) is 17.9 Å². The number of hydrogen-bond acceptors (Lipinski definition) is 4. The van der Waals surface area contributed by atoms with Crippen LogP contribution in [0.2, 0.25) is 0 Å². The molecular formula is C13H17N3O3. The van der Waals surface area contributed by atoms with Gasteiger partial charge >= 0.3 is 0 Å². The van der Waals surface area contributed by atoms with Crippen molar-refractivity contribution < 1.29 is 9.72 Å². The first-order chi connectivity index (χ1) is 9.02. The Kier molecular flexibility index (Phi) is 3.80. The Bertz CT molecular complexity index is 516. The normalized spacial score (nSPS) is 18.6. The fourth-order valence-corrected chi connectivity index (χ4v) is 2.39. The molecule has 0 bridgehead atoms. The zero-order valence-electron chi connectivity index (χ0n) is 10.8. The lowest BCUT2D eigenvalue weighted by Crippen LogP contribution is -2.29. The summed E-state index contributed by atoms with van der Waals surface area (Å²) in [6.07, 6.45) is 0.925. The maximum atomic E-state index is 12.3. The second kappa shape index (κ2) is 5.36. The third-order valence-electron chi connectivity index (χ3n) is 3.55. The summed E-state index contributed by atoms with van der Waals surface area (Å²) < 4.78 is 0. The van der Waals surface area contributed by atoms with Crippen molar-refractivity contribution in [1.82, 2.24) is 4.90 Å². The average molecular weight is 263 g/mol. The number of nitrogens with two attached hydrogens (primary N) is 1. The summed E-state index contributed by atoms with van der Waals surface area (Å²) in [6.45, 7) is 3.60. The van der Waals surface area contributed by atoms with Gasteiger partial charge in [-0.1, -0.05) is 0 Å². The molecule has 1 unspecified atom stereocenters. The van der Waals surface area contributed by atoms with Gasteiger partial charge in [-0.15, -0.1) is 0 Å². The summed E-state index contributed by atoms with van der Waals surface area (Å²) in [6, 6.07) is 4.48. The lowest BCUT2D eigenvalue weighted by molar-refractivity contribution is -0.385. The van der Waals surface area contributed by atoms with Gasteiger partial charge in [0, 0.05) is 30.3 Å². The number of nitrogens with zero attached hydrogens (tertiary/aromatic N) is 2. The van der Waals surface area contributed by atoms with Crippen molar-refractivity contribution in [3.63, 3.8) is 0 Å². The van der Waals surface area contributed by atoms with E-state index in [4.69, 9.17) is 5.73 Å². The van der Waals surface area contributed by atoms with Crippen LogP contribution < -0.4 is 5.73 Å². The Morgan fingerprint density at radius 2 is 2.32 bits per heavy atom. The minimum atomic E-state index is -0.441. The van der Waals surface area contributed by atoms with Gasteiger partial charge in [-0.2, -0.15) is 0 Å². The molecule has 1 aromatic carbocycles. The van der Waals surface area contributed by atoms with E-state index in [1.807, 2.05) is 0 Å². The zero-order valence-corrected chi connectivity index (χ0v) is 10.8. The van der Waals surface area contributed by atoms with E-state index in [-0.39, 0.29) is 11.6 Å². The Labute approximate surface area is 111 Å². The van der Waals surface area contributed by atoms with Gasteiger partial charge in [0.15, 0.2) is 0 Å². The van der Waals surface area contributed by atoms with Crippen LogP contribution in [0, 0.1) is 23.0 Å². The smallest absolute Gasteiger partial charge is 0.272 e. The second-order valence-electron chi connectivity index (χ2n) is 4.90. The molecule has 2 rings (SSSR count). The molecule has 2 N–H and O–H groups in total. The van der Waals surface area contributed by atoms with Crippen LogP contribution in [0.5, 0.6) is 0 Å². The van der Waals surface area contributed by atoms with E-state index < -0.39 is 4.92 Å². The fourth-order valence-electron chi connectivity index (χ4n) is 2.39. The maximum absolute atomic E-state index is 12.3. The Balaban J connectivity index is 2.16. The van der Waals surface area contributed by atoms with Gasteiger partial charge in [-0.05, 0) is 37.9 Å². The highest BCUT2D eigenvalue weighted by atomic mass is 16.6. The Morgan fingerprint density at radius 3 is 2.84 bits per heavy atom. The summed E-state index contributed by atoms with van der Waals surface area (Å²) in [5, 5.41) is 10.7. The lowest BCUT2D eigenvalue weighted by atomic mass is 10.1. The van der Waals surface area contributed by atoms with E-state index in [2.05, 4.69) is 0 Å². The number of amides is 1. The van der Waals surface area contributed by atoms with Crippen LogP contribution in [-0.2, 0) is 0 Å². The molecule has 19 heavy (non-hydrogen) atoms. The lowest BCUT2D eigenvalue weighted by Gasteiger charge is -2.16. The van der Waals surface area contributed by atoms with E-state index in [0.717, 1.165) is 6.42 Å². The maximum Gasteiger partial charge on any atom is 0.272 e. The predicted octanol–water partition coefficient (Wildman–Crippen LogP) is 1.32.